The first-order valence-corrected chi connectivity index (χ1v) is 8.08. The molecule has 0 fully saturated rings. The highest BCUT2D eigenvalue weighted by Gasteiger charge is 2.38. The Labute approximate surface area is 139 Å². The van der Waals surface area contributed by atoms with Crippen molar-refractivity contribution in [1.82, 2.24) is 9.78 Å². The van der Waals surface area contributed by atoms with E-state index in [0.29, 0.717) is 5.56 Å². The summed E-state index contributed by atoms with van der Waals surface area (Å²) in [5.41, 5.74) is 2.53. The van der Waals surface area contributed by atoms with E-state index in [1.165, 1.54) is 10.7 Å². The van der Waals surface area contributed by atoms with Gasteiger partial charge in [0.1, 0.15) is 11.5 Å². The molecule has 0 saturated heterocycles. The van der Waals surface area contributed by atoms with Crippen LogP contribution in [0.4, 0.5) is 18.9 Å². The van der Waals surface area contributed by atoms with Crippen molar-refractivity contribution in [2.45, 2.75) is 51.5 Å². The Morgan fingerprint density at radius 1 is 1.38 bits per heavy atom. The summed E-state index contributed by atoms with van der Waals surface area (Å²) < 4.78 is 41.8. The van der Waals surface area contributed by atoms with E-state index in [-0.39, 0.29) is 29.4 Å². The fraction of sp³-hybridized carbons (Fsp3) is 0.500. The molecule has 0 spiro atoms. The zero-order chi connectivity index (χ0) is 17.6. The summed E-state index contributed by atoms with van der Waals surface area (Å²) in [6.07, 6.45) is -0.154. The molecule has 1 atom stereocenters. The van der Waals surface area contributed by atoms with Gasteiger partial charge in [-0.05, 0) is 41.0 Å². The first-order chi connectivity index (χ1) is 11.2. The van der Waals surface area contributed by atoms with Gasteiger partial charge >= 0.3 is 0 Å². The van der Waals surface area contributed by atoms with Gasteiger partial charge in [-0.25, -0.2) is 13.2 Å². The topological polar surface area (TPSA) is 29.9 Å². The number of rotatable bonds is 4. The molecule has 3 rings (SSSR count). The quantitative estimate of drug-likeness (QED) is 0.860. The number of halogens is 3. The minimum atomic E-state index is -2.61. The second kappa shape index (κ2) is 5.83. The van der Waals surface area contributed by atoms with Crippen LogP contribution in [0, 0.1) is 5.82 Å². The van der Waals surface area contributed by atoms with E-state index in [1.807, 2.05) is 13.8 Å². The van der Waals surface area contributed by atoms with E-state index in [0.717, 1.165) is 23.2 Å². The Morgan fingerprint density at radius 2 is 2.08 bits per heavy atom. The predicted molar refractivity (Wildman–Crippen MR) is 87.9 cm³/mol. The van der Waals surface area contributed by atoms with Crippen LogP contribution in [0.5, 0.6) is 0 Å². The molecule has 6 heteroatoms. The van der Waals surface area contributed by atoms with Crippen molar-refractivity contribution < 1.29 is 13.2 Å². The second-order valence-corrected chi connectivity index (χ2v) is 7.24. The highest BCUT2D eigenvalue weighted by atomic mass is 19.3. The molecule has 0 radical (unpaired) electrons. The smallest absolute Gasteiger partial charge is 0.282 e. The van der Waals surface area contributed by atoms with E-state index in [1.54, 1.807) is 19.3 Å². The maximum Gasteiger partial charge on any atom is 0.282 e. The van der Waals surface area contributed by atoms with Gasteiger partial charge in [0.05, 0.1) is 0 Å². The number of nitrogens with zero attached hydrogens (tertiary/aromatic N) is 2. The van der Waals surface area contributed by atoms with Crippen LogP contribution in [-0.4, -0.2) is 9.78 Å². The third kappa shape index (κ3) is 2.78. The third-order valence-electron chi connectivity index (χ3n) is 4.79. The summed E-state index contributed by atoms with van der Waals surface area (Å²) in [5.74, 6) is 0.0243. The van der Waals surface area contributed by atoms with Crippen LogP contribution in [0.1, 0.15) is 61.9 Å². The van der Waals surface area contributed by atoms with Crippen molar-refractivity contribution >= 4 is 5.69 Å². The van der Waals surface area contributed by atoms with Crippen molar-refractivity contribution in [3.8, 4) is 0 Å². The molecule has 1 aromatic heterocycles. The van der Waals surface area contributed by atoms with Crippen molar-refractivity contribution in [3.63, 3.8) is 0 Å². The van der Waals surface area contributed by atoms with Gasteiger partial charge in [0.25, 0.3) is 6.43 Å². The molecule has 0 amide bonds. The van der Waals surface area contributed by atoms with Gasteiger partial charge in [0.15, 0.2) is 0 Å². The lowest BCUT2D eigenvalue weighted by Gasteiger charge is -2.20. The monoisotopic (exact) mass is 337 g/mol. The molecule has 130 valence electrons. The third-order valence-corrected chi connectivity index (χ3v) is 4.79. The lowest BCUT2D eigenvalue weighted by molar-refractivity contribution is 0.144. The number of benzene rings is 1. The van der Waals surface area contributed by atoms with Gasteiger partial charge < -0.3 is 5.32 Å². The minimum absolute atomic E-state index is 0.195. The zero-order valence-corrected chi connectivity index (χ0v) is 14.3. The Balaban J connectivity index is 1.92. The van der Waals surface area contributed by atoms with E-state index in [4.69, 9.17) is 0 Å². The number of aromatic nitrogens is 2. The lowest BCUT2D eigenvalue weighted by atomic mass is 9.86. The fourth-order valence-corrected chi connectivity index (χ4v) is 3.98. The zero-order valence-electron chi connectivity index (χ0n) is 14.3. The summed E-state index contributed by atoms with van der Waals surface area (Å²) in [5, 5.41) is 7.03. The van der Waals surface area contributed by atoms with E-state index < -0.39 is 6.43 Å². The number of nitrogens with one attached hydrogen (secondary N) is 1. The van der Waals surface area contributed by atoms with Gasteiger partial charge in [-0.3, -0.25) is 4.68 Å². The average Bonchev–Trinajstić information content (AvgIpc) is 2.96. The first-order valence-electron chi connectivity index (χ1n) is 8.08. The lowest BCUT2D eigenvalue weighted by Crippen LogP contribution is -2.14. The van der Waals surface area contributed by atoms with Gasteiger partial charge in [0.2, 0.25) is 0 Å². The largest absolute Gasteiger partial charge is 0.381 e. The summed E-state index contributed by atoms with van der Waals surface area (Å²) in [6.45, 7) is 6.39. The Hall–Kier alpha value is -1.98. The van der Waals surface area contributed by atoms with Crippen molar-refractivity contribution in [1.29, 1.82) is 0 Å². The standard InChI is InChI=1S/C18H22F3N3/c1-10-7-18(2,3)15-12(19)5-6-13(14(10)15)22-8-11-9-24(4)23-16(11)17(20)21/h5-6,9-10,17,22H,7-8H2,1-4H3. The molecule has 1 aliphatic rings. The number of anilines is 1. The molecule has 1 heterocycles. The maximum absolute atomic E-state index is 14.3. The first kappa shape index (κ1) is 16.9. The number of hydrogen-bond donors (Lipinski definition) is 1. The number of alkyl halides is 2. The summed E-state index contributed by atoms with van der Waals surface area (Å²) in [6, 6.07) is 3.16. The molecule has 24 heavy (non-hydrogen) atoms. The van der Waals surface area contributed by atoms with Crippen LogP contribution in [0.25, 0.3) is 0 Å². The molecule has 0 saturated carbocycles. The van der Waals surface area contributed by atoms with Crippen LogP contribution in [0.2, 0.25) is 0 Å². The Morgan fingerprint density at radius 3 is 2.75 bits per heavy atom. The molecule has 0 bridgehead atoms. The minimum Gasteiger partial charge on any atom is -0.381 e. The Bertz CT molecular complexity index is 765. The van der Waals surface area contributed by atoms with Crippen LogP contribution in [0.15, 0.2) is 18.3 Å². The van der Waals surface area contributed by atoms with Crippen molar-refractivity contribution in [2.75, 3.05) is 5.32 Å². The van der Waals surface area contributed by atoms with Crippen LogP contribution in [-0.2, 0) is 19.0 Å². The molecular weight excluding hydrogens is 315 g/mol. The normalized spacial score (nSPS) is 18.9. The van der Waals surface area contributed by atoms with E-state index in [9.17, 15) is 13.2 Å². The van der Waals surface area contributed by atoms with Gasteiger partial charge in [0, 0.05) is 31.0 Å². The number of fused-ring (bicyclic) bond motifs is 1. The SMILES string of the molecule is CC1CC(C)(C)c2c(F)ccc(NCc3cn(C)nc3C(F)F)c21. The average molecular weight is 337 g/mol. The molecule has 1 unspecified atom stereocenters. The van der Waals surface area contributed by atoms with Gasteiger partial charge in [-0.15, -0.1) is 0 Å². The molecule has 0 aliphatic heterocycles. The number of aryl methyl sites for hydroxylation is 1. The molecule has 2 aromatic rings. The molecule has 3 nitrogen and oxygen atoms in total. The van der Waals surface area contributed by atoms with Gasteiger partial charge in [-0.1, -0.05) is 20.8 Å². The summed E-state index contributed by atoms with van der Waals surface area (Å²) in [4.78, 5) is 0. The van der Waals surface area contributed by atoms with Crippen LogP contribution < -0.4 is 5.32 Å². The van der Waals surface area contributed by atoms with Crippen molar-refractivity contribution in [3.05, 3.63) is 46.5 Å². The highest BCUT2D eigenvalue weighted by molar-refractivity contribution is 5.61. The van der Waals surface area contributed by atoms with Crippen LogP contribution in [0.3, 0.4) is 0 Å². The van der Waals surface area contributed by atoms with E-state index >= 15 is 0 Å². The van der Waals surface area contributed by atoms with Crippen LogP contribution >= 0.6 is 0 Å². The number of hydrogen-bond acceptors (Lipinski definition) is 2. The molecular formula is C18H22F3N3. The summed E-state index contributed by atoms with van der Waals surface area (Å²) >= 11 is 0. The molecule has 1 aliphatic carbocycles. The molecule has 1 N–H and O–H groups in total. The molecule has 1 aromatic carbocycles. The second-order valence-electron chi connectivity index (χ2n) is 7.24. The maximum atomic E-state index is 14.3. The predicted octanol–water partition coefficient (Wildman–Crippen LogP) is 4.89. The van der Waals surface area contributed by atoms with E-state index in [2.05, 4.69) is 17.3 Å². The highest BCUT2D eigenvalue weighted by Crippen LogP contribution is 2.49. The van der Waals surface area contributed by atoms with Crippen molar-refractivity contribution in [2.24, 2.45) is 7.05 Å². The fourth-order valence-electron chi connectivity index (χ4n) is 3.98. The Kier molecular flexibility index (Phi) is 4.10. The summed E-state index contributed by atoms with van der Waals surface area (Å²) in [7, 11) is 1.62. The van der Waals surface area contributed by atoms with Gasteiger partial charge in [-0.2, -0.15) is 5.10 Å².